The summed E-state index contributed by atoms with van der Waals surface area (Å²) >= 11 is 0. The zero-order valence-corrected chi connectivity index (χ0v) is 19.2. The molecular weight excluding hydrogens is 300 g/mol. The smallest absolute Gasteiger partial charge is 0.0337 e. The molecule has 0 radical (unpaired) electrons. The molecule has 2 aliphatic carbocycles. The average Bonchev–Trinajstić information content (AvgIpc) is 2.43. The van der Waals surface area contributed by atoms with Crippen molar-refractivity contribution in [3.8, 4) is 0 Å². The van der Waals surface area contributed by atoms with Crippen molar-refractivity contribution in [3.05, 3.63) is 0 Å². The van der Waals surface area contributed by atoms with Crippen molar-refractivity contribution in [2.24, 2.45) is 58.2 Å². The van der Waals surface area contributed by atoms with Crippen LogP contribution >= 0.6 is 0 Å². The Labute approximate surface area is 159 Å². The van der Waals surface area contributed by atoms with Crippen molar-refractivity contribution in [2.45, 2.75) is 101 Å². The van der Waals surface area contributed by atoms with Gasteiger partial charge in [0.1, 0.15) is 0 Å². The molecule has 2 fully saturated rings. The Morgan fingerprint density at radius 1 is 0.560 bits per heavy atom. The van der Waals surface area contributed by atoms with Crippen LogP contribution in [0.2, 0.25) is 0 Å². The molecule has 0 nitrogen and oxygen atoms in total. The van der Waals surface area contributed by atoms with Crippen LogP contribution in [0.4, 0.5) is 0 Å². The van der Waals surface area contributed by atoms with Crippen LogP contribution < -0.4 is 0 Å². The van der Waals surface area contributed by atoms with Crippen LogP contribution in [-0.4, -0.2) is 0 Å². The monoisotopic (exact) mass is 348 g/mol. The lowest BCUT2D eigenvalue weighted by Gasteiger charge is -2.51. The molecule has 0 amide bonds. The quantitative estimate of drug-likeness (QED) is 0.473. The van der Waals surface area contributed by atoms with Crippen LogP contribution in [0, 0.1) is 58.2 Å². The van der Waals surface area contributed by atoms with Crippen LogP contribution in [0.1, 0.15) is 101 Å². The van der Waals surface area contributed by atoms with Crippen LogP contribution in [0.25, 0.3) is 0 Å². The minimum Gasteiger partial charge on any atom is -0.0622 e. The molecule has 2 saturated carbocycles. The van der Waals surface area contributed by atoms with Gasteiger partial charge < -0.3 is 0 Å². The topological polar surface area (TPSA) is 0 Å². The molecule has 0 aromatic heterocycles. The maximum absolute atomic E-state index is 2.59. The largest absolute Gasteiger partial charge is 0.0622 e. The summed E-state index contributed by atoms with van der Waals surface area (Å²) in [4.78, 5) is 0. The lowest BCUT2D eigenvalue weighted by atomic mass is 9.54. The molecule has 0 aliphatic heterocycles. The van der Waals surface area contributed by atoms with Gasteiger partial charge in [-0.2, -0.15) is 0 Å². The van der Waals surface area contributed by atoms with Crippen LogP contribution in [0.15, 0.2) is 0 Å². The fraction of sp³-hybridized carbons (Fsp3) is 1.00. The molecule has 0 aromatic rings. The molecule has 2 aliphatic rings. The van der Waals surface area contributed by atoms with E-state index in [4.69, 9.17) is 0 Å². The second kappa shape index (κ2) is 7.55. The zero-order chi connectivity index (χ0) is 19.2. The maximum atomic E-state index is 2.59. The molecule has 8 atom stereocenters. The summed E-state index contributed by atoms with van der Waals surface area (Å²) in [5.41, 5.74) is 0.936. The standard InChI is InChI=1S/C25H48/c1-16-11-13-22(24(5,6)7)18(3)20(16)15-21-17(2)12-14-23(19(21)4)25(8,9)10/h16-23H,11-15H2,1-10H3. The molecule has 0 aromatic carbocycles. The Balaban J connectivity index is 2.17. The maximum Gasteiger partial charge on any atom is -0.0337 e. The van der Waals surface area contributed by atoms with E-state index >= 15 is 0 Å². The predicted molar refractivity (Wildman–Crippen MR) is 113 cm³/mol. The number of rotatable bonds is 2. The van der Waals surface area contributed by atoms with E-state index in [0.717, 1.165) is 47.3 Å². The Hall–Kier alpha value is 0. The second-order valence-electron chi connectivity index (χ2n) is 12.3. The van der Waals surface area contributed by atoms with Gasteiger partial charge in [0, 0.05) is 0 Å². The van der Waals surface area contributed by atoms with E-state index in [9.17, 15) is 0 Å². The van der Waals surface area contributed by atoms with Gasteiger partial charge in [0.2, 0.25) is 0 Å². The van der Waals surface area contributed by atoms with E-state index in [1.165, 1.54) is 32.1 Å². The summed E-state index contributed by atoms with van der Waals surface area (Å²) in [5.74, 6) is 7.29. The van der Waals surface area contributed by atoms with E-state index in [0.29, 0.717) is 10.8 Å². The molecule has 0 heteroatoms. The fourth-order valence-corrected chi connectivity index (χ4v) is 7.12. The van der Waals surface area contributed by atoms with E-state index in [1.54, 1.807) is 0 Å². The molecule has 0 saturated heterocycles. The SMILES string of the molecule is CC1CCC(C(C)(C)C)C(C)C1CC1C(C)CCC(C(C)(C)C)C1C. The zero-order valence-electron chi connectivity index (χ0n) is 19.2. The molecule has 148 valence electrons. The van der Waals surface area contributed by atoms with E-state index in [1.807, 2.05) is 0 Å². The Morgan fingerprint density at radius 3 is 1.16 bits per heavy atom. The lowest BCUT2D eigenvalue weighted by Crippen LogP contribution is -2.43. The van der Waals surface area contributed by atoms with E-state index < -0.39 is 0 Å². The highest BCUT2D eigenvalue weighted by Crippen LogP contribution is 2.53. The van der Waals surface area contributed by atoms with Gasteiger partial charge in [-0.1, -0.05) is 82.1 Å². The van der Waals surface area contributed by atoms with Crippen molar-refractivity contribution in [3.63, 3.8) is 0 Å². The third kappa shape index (κ3) is 4.65. The molecule has 0 spiro atoms. The van der Waals surface area contributed by atoms with Crippen molar-refractivity contribution in [2.75, 3.05) is 0 Å². The van der Waals surface area contributed by atoms with E-state index in [-0.39, 0.29) is 0 Å². The highest BCUT2D eigenvalue weighted by Gasteiger charge is 2.45. The molecule has 0 N–H and O–H groups in total. The van der Waals surface area contributed by atoms with Crippen molar-refractivity contribution < 1.29 is 0 Å². The molecular formula is C25H48. The van der Waals surface area contributed by atoms with Crippen LogP contribution in [-0.2, 0) is 0 Å². The summed E-state index contributed by atoms with van der Waals surface area (Å²) in [7, 11) is 0. The average molecular weight is 349 g/mol. The summed E-state index contributed by atoms with van der Waals surface area (Å²) in [6.45, 7) is 25.1. The van der Waals surface area contributed by atoms with Gasteiger partial charge in [-0.3, -0.25) is 0 Å². The normalized spacial score (nSPS) is 43.9. The summed E-state index contributed by atoms with van der Waals surface area (Å²) in [5, 5.41) is 0. The first-order valence-electron chi connectivity index (χ1n) is 11.3. The summed E-state index contributed by atoms with van der Waals surface area (Å²) in [6, 6.07) is 0. The first kappa shape index (κ1) is 21.3. The lowest BCUT2D eigenvalue weighted by molar-refractivity contribution is -0.0163. The first-order valence-corrected chi connectivity index (χ1v) is 11.3. The molecule has 2 rings (SSSR count). The fourth-order valence-electron chi connectivity index (χ4n) is 7.12. The van der Waals surface area contributed by atoms with Gasteiger partial charge >= 0.3 is 0 Å². The second-order valence-corrected chi connectivity index (χ2v) is 12.3. The van der Waals surface area contributed by atoms with Crippen LogP contribution in [0.5, 0.6) is 0 Å². The Morgan fingerprint density at radius 2 is 0.880 bits per heavy atom. The Bertz CT molecular complexity index is 380. The highest BCUT2D eigenvalue weighted by atomic mass is 14.5. The summed E-state index contributed by atoms with van der Waals surface area (Å²) < 4.78 is 0. The van der Waals surface area contributed by atoms with Gasteiger partial charge in [0.25, 0.3) is 0 Å². The third-order valence-electron chi connectivity index (χ3n) is 8.72. The van der Waals surface area contributed by atoms with Gasteiger partial charge in [-0.05, 0) is 77.4 Å². The van der Waals surface area contributed by atoms with Gasteiger partial charge in [-0.25, -0.2) is 0 Å². The number of hydrogen-bond acceptors (Lipinski definition) is 0. The van der Waals surface area contributed by atoms with Crippen molar-refractivity contribution in [1.29, 1.82) is 0 Å². The molecule has 25 heavy (non-hydrogen) atoms. The van der Waals surface area contributed by atoms with Crippen molar-refractivity contribution >= 4 is 0 Å². The minimum atomic E-state index is 0.468. The summed E-state index contributed by atoms with van der Waals surface area (Å²) in [6.07, 6.45) is 7.29. The van der Waals surface area contributed by atoms with Crippen LogP contribution in [0.3, 0.4) is 0 Å². The molecule has 0 bridgehead atoms. The highest BCUT2D eigenvalue weighted by molar-refractivity contribution is 4.94. The Kier molecular flexibility index (Phi) is 6.44. The van der Waals surface area contributed by atoms with Gasteiger partial charge in [-0.15, -0.1) is 0 Å². The molecule has 0 heterocycles. The first-order chi connectivity index (χ1) is 11.3. The molecule has 8 unspecified atom stereocenters. The third-order valence-corrected chi connectivity index (χ3v) is 8.72. The van der Waals surface area contributed by atoms with Gasteiger partial charge in [0.15, 0.2) is 0 Å². The van der Waals surface area contributed by atoms with Crippen molar-refractivity contribution in [1.82, 2.24) is 0 Å². The van der Waals surface area contributed by atoms with Gasteiger partial charge in [0.05, 0.1) is 0 Å². The van der Waals surface area contributed by atoms with E-state index in [2.05, 4.69) is 69.2 Å². The number of hydrogen-bond donors (Lipinski definition) is 0. The predicted octanol–water partition coefficient (Wildman–Crippen LogP) is 8.07. The minimum absolute atomic E-state index is 0.468.